The van der Waals surface area contributed by atoms with Gasteiger partial charge in [-0.25, -0.2) is 9.83 Å². The zero-order chi connectivity index (χ0) is 56.4. The zero-order valence-corrected chi connectivity index (χ0v) is 45.2. The largest absolute Gasteiger partial charge is 0.493 e. The van der Waals surface area contributed by atoms with Gasteiger partial charge in [0.25, 0.3) is 17.1 Å². The first-order chi connectivity index (χ1) is 37.9. The molecule has 0 aliphatic carbocycles. The van der Waals surface area contributed by atoms with Crippen LogP contribution in [0, 0.1) is 19.4 Å². The number of aromatic nitrogens is 1. The number of benzene rings is 4. The highest BCUT2D eigenvalue weighted by atomic mass is 32.2. The average molecular weight is 1130 g/mol. The molecule has 0 spiro atoms. The lowest BCUT2D eigenvalue weighted by Gasteiger charge is -2.35. The number of methoxy groups -OCH3 is 1. The topological polar surface area (TPSA) is 200 Å². The normalized spacial score (nSPS) is 17.2. The Morgan fingerprint density at radius 3 is 2.30 bits per heavy atom. The molecule has 3 atom stereocenters. The Hall–Kier alpha value is -7.33. The molecule has 79 heavy (non-hydrogen) atoms. The van der Waals surface area contributed by atoms with Crippen LogP contribution in [0.5, 0.6) is 23.0 Å². The summed E-state index contributed by atoms with van der Waals surface area (Å²) in [6.07, 6.45) is -4.20. The van der Waals surface area contributed by atoms with Gasteiger partial charge in [-0.15, -0.1) is 11.3 Å². The van der Waals surface area contributed by atoms with Crippen molar-refractivity contribution in [2.24, 2.45) is 5.92 Å². The number of amides is 5. The molecule has 3 aliphatic rings. The van der Waals surface area contributed by atoms with E-state index in [0.29, 0.717) is 28.5 Å². The highest BCUT2D eigenvalue weighted by Crippen LogP contribution is 2.43. The predicted molar refractivity (Wildman–Crippen MR) is 287 cm³/mol. The molecule has 0 saturated carbocycles. The number of imide groups is 1. The van der Waals surface area contributed by atoms with Crippen LogP contribution in [-0.4, -0.2) is 138 Å². The highest BCUT2D eigenvalue weighted by molar-refractivity contribution is 8.18. The van der Waals surface area contributed by atoms with Gasteiger partial charge in [0.2, 0.25) is 11.8 Å². The van der Waals surface area contributed by atoms with Gasteiger partial charge in [0.1, 0.15) is 30.2 Å². The number of fused-ring (bicyclic) bond motifs is 1. The average Bonchev–Trinajstić information content (AvgIpc) is 4.39. The maximum Gasteiger partial charge on any atom is 0.418 e. The lowest BCUT2D eigenvalue weighted by molar-refractivity contribution is -0.143. The molecule has 0 bridgehead atoms. The van der Waals surface area contributed by atoms with Crippen molar-refractivity contribution in [3.63, 3.8) is 0 Å². The van der Waals surface area contributed by atoms with Crippen LogP contribution >= 0.6 is 23.1 Å². The van der Waals surface area contributed by atoms with Crippen molar-refractivity contribution in [1.29, 1.82) is 0 Å². The van der Waals surface area contributed by atoms with Crippen LogP contribution in [0.15, 0.2) is 89.3 Å². The minimum atomic E-state index is -4.78. The Balaban J connectivity index is 0.759. The molecular formula is C56H57F3N6O12S2. The molecule has 4 heterocycles. The molecule has 0 radical (unpaired) electrons. The molecular weight excluding hydrogens is 1070 g/mol. The van der Waals surface area contributed by atoms with Gasteiger partial charge in [0, 0.05) is 37.2 Å². The predicted octanol–water partition coefficient (Wildman–Crippen LogP) is 8.91. The van der Waals surface area contributed by atoms with Gasteiger partial charge in [-0.05, 0) is 83.8 Å². The number of hydrogen-bond acceptors (Lipinski definition) is 15. The number of ether oxygens (including phenoxy) is 6. The number of thiazole rings is 1. The maximum absolute atomic E-state index is 14.2. The van der Waals surface area contributed by atoms with Gasteiger partial charge in [0.15, 0.2) is 17.2 Å². The van der Waals surface area contributed by atoms with Crippen LogP contribution in [0.4, 0.5) is 23.7 Å². The van der Waals surface area contributed by atoms with Crippen LogP contribution in [0.25, 0.3) is 21.4 Å². The van der Waals surface area contributed by atoms with E-state index in [1.165, 1.54) is 53.7 Å². The number of alkyl halides is 3. The van der Waals surface area contributed by atoms with Crippen LogP contribution in [0.2, 0.25) is 0 Å². The van der Waals surface area contributed by atoms with Crippen LogP contribution in [-0.2, 0) is 47.9 Å². The number of aliphatic hydroxyl groups is 1. The number of likely N-dealkylation sites (tertiary alicyclic amines) is 1. The second-order valence-electron chi connectivity index (χ2n) is 18.8. The van der Waals surface area contributed by atoms with Crippen LogP contribution in [0.1, 0.15) is 58.6 Å². The van der Waals surface area contributed by atoms with Crippen LogP contribution in [0.3, 0.4) is 0 Å². The van der Waals surface area contributed by atoms with E-state index in [2.05, 4.69) is 15.1 Å². The summed E-state index contributed by atoms with van der Waals surface area (Å²) in [5.74, 6) is -1.87. The Morgan fingerprint density at radius 2 is 1.62 bits per heavy atom. The van der Waals surface area contributed by atoms with Gasteiger partial charge in [-0.2, -0.15) is 13.2 Å². The molecule has 18 nitrogen and oxygen atoms in total. The molecule has 23 heteroatoms. The van der Waals surface area contributed by atoms with E-state index < -0.39 is 58.6 Å². The van der Waals surface area contributed by atoms with Gasteiger partial charge in [-0.3, -0.25) is 28.9 Å². The second kappa shape index (κ2) is 26.1. The molecule has 0 unspecified atom stereocenters. The number of nitrogens with zero attached hydrogens (tertiary/aromatic N) is 5. The maximum atomic E-state index is 14.2. The fourth-order valence-electron chi connectivity index (χ4n) is 9.24. The summed E-state index contributed by atoms with van der Waals surface area (Å²) >= 11 is 2.22. The highest BCUT2D eigenvalue weighted by Gasteiger charge is 2.46. The number of β-amino-alcohol motifs (C(OH)–C–C–N with tert-alkyl or cyclic N) is 1. The number of rotatable bonds is 24. The smallest absolute Gasteiger partial charge is 0.418 e. The molecule has 3 aliphatic heterocycles. The summed E-state index contributed by atoms with van der Waals surface area (Å²) in [6, 6.07) is 18.4. The number of aryl methyl sites for hydroxylation is 1. The minimum absolute atomic E-state index is 0.0156. The van der Waals surface area contributed by atoms with Gasteiger partial charge in [-0.1, -0.05) is 56.3 Å². The quantitative estimate of drug-likeness (QED) is 0.0337. The molecule has 2 fully saturated rings. The van der Waals surface area contributed by atoms with Crippen molar-refractivity contribution in [3.05, 3.63) is 134 Å². The Morgan fingerprint density at radius 1 is 0.899 bits per heavy atom. The third-order valence-electron chi connectivity index (χ3n) is 13.1. The first-order valence-corrected chi connectivity index (χ1v) is 26.9. The number of halogens is 3. The molecule has 1 aromatic heterocycles. The van der Waals surface area contributed by atoms with Gasteiger partial charge >= 0.3 is 6.18 Å². The molecule has 2 saturated heterocycles. The lowest BCUT2D eigenvalue weighted by atomic mass is 10.0. The van der Waals surface area contributed by atoms with Crippen molar-refractivity contribution in [2.45, 2.75) is 64.6 Å². The SMILES string of the molecule is [C-]#[N+]c1ccc(Oc2ccc(/C=C3\SC(=O)N(CCOCCOCCOCCOc4cc(-c5scnc5C)ccc4CNC(=O)[C@@H]4C[C@@H](O)CN4C(=O)[C@H](C(C)C)N4Cc5ccccc5C4=O)C3=O)cc2OC)c(C(F)(F)F)c1. The fourth-order valence-corrected chi connectivity index (χ4v) is 10.9. The fraction of sp³-hybridized carbons (Fsp3) is 0.375. The van der Waals surface area contributed by atoms with Crippen LogP contribution < -0.4 is 19.5 Å². The van der Waals surface area contributed by atoms with Crippen molar-refractivity contribution >= 4 is 63.7 Å². The molecule has 2 N–H and O–H groups in total. The first-order valence-electron chi connectivity index (χ1n) is 25.2. The Labute approximate surface area is 462 Å². The number of carbonyl (C=O) groups excluding carboxylic acids is 5. The second-order valence-corrected chi connectivity index (χ2v) is 20.7. The van der Waals surface area contributed by atoms with E-state index in [9.17, 15) is 42.3 Å². The van der Waals surface area contributed by atoms with Crippen molar-refractivity contribution < 1.29 is 70.7 Å². The first kappa shape index (κ1) is 57.8. The third kappa shape index (κ3) is 13.9. The van der Waals surface area contributed by atoms with E-state index in [4.69, 9.17) is 35.0 Å². The standard InChI is InChI=1S/C56H57F3N6O12S2/c1-33(2)49(65-30-38-8-6-7-9-41(38)52(65)68)54(70)64-31-40(66)28-43(64)51(67)61-29-37-12-11-36(50-34(3)62-32-78-50)26-46(37)76-23-22-75-21-20-74-19-18-73-17-16-63-53(69)48(79-55(63)71)25-35-10-14-45(47(24-35)72-5)77-44-15-13-39(60-4)27-42(44)56(57,58)59/h6-15,24-27,32-33,40,43,49,66H,16-23,28-31H2,1-3,5H3,(H,61,67)/b48-25-/t40-,43+,49+/m1/s1. The third-order valence-corrected chi connectivity index (χ3v) is 15.0. The zero-order valence-electron chi connectivity index (χ0n) is 43.6. The lowest BCUT2D eigenvalue weighted by Crippen LogP contribution is -2.55. The summed E-state index contributed by atoms with van der Waals surface area (Å²) in [4.78, 5) is 80.1. The van der Waals surface area contributed by atoms with Gasteiger partial charge < -0.3 is 48.6 Å². The summed E-state index contributed by atoms with van der Waals surface area (Å²) in [6.45, 7) is 14.3. The van der Waals surface area contributed by atoms with E-state index in [-0.39, 0.29) is 113 Å². The summed E-state index contributed by atoms with van der Waals surface area (Å²) in [5, 5.41) is 13.2. The summed E-state index contributed by atoms with van der Waals surface area (Å²) < 4.78 is 75.4. The summed E-state index contributed by atoms with van der Waals surface area (Å²) in [7, 11) is 1.30. The number of aliphatic hydroxyl groups excluding tert-OH is 1. The van der Waals surface area contributed by atoms with E-state index in [1.807, 2.05) is 51.1 Å². The van der Waals surface area contributed by atoms with E-state index in [0.717, 1.165) is 44.4 Å². The molecule has 5 aromatic rings. The monoisotopic (exact) mass is 1130 g/mol. The van der Waals surface area contributed by atoms with Crippen molar-refractivity contribution in [2.75, 3.05) is 66.4 Å². The number of hydrogen-bond donors (Lipinski definition) is 2. The van der Waals surface area contributed by atoms with Crippen molar-refractivity contribution in [1.82, 2.24) is 25.0 Å². The van der Waals surface area contributed by atoms with Gasteiger partial charge in [0.05, 0.1) is 92.5 Å². The molecule has 5 amide bonds. The molecule has 4 aromatic carbocycles. The number of thioether (sulfide) groups is 1. The molecule has 8 rings (SSSR count). The number of nitrogens with one attached hydrogen (secondary N) is 1. The summed E-state index contributed by atoms with van der Waals surface area (Å²) in [5.41, 5.74) is 4.64. The minimum Gasteiger partial charge on any atom is -0.493 e. The van der Waals surface area contributed by atoms with E-state index in [1.54, 1.807) is 22.5 Å². The van der Waals surface area contributed by atoms with E-state index >= 15 is 0 Å². The number of carbonyl (C=O) groups is 5. The van der Waals surface area contributed by atoms with Crippen molar-refractivity contribution in [3.8, 4) is 33.4 Å². The Bertz CT molecular complexity index is 3150. The molecule has 416 valence electrons. The Kier molecular flexibility index (Phi) is 19.1.